The molecule has 1 N–H and O–H groups in total. The van der Waals surface area contributed by atoms with Crippen molar-refractivity contribution in [3.63, 3.8) is 0 Å². The number of aryl methyl sites for hydroxylation is 1. The number of rotatable bonds is 7. The molecule has 0 aliphatic heterocycles. The van der Waals surface area contributed by atoms with Crippen LogP contribution in [-0.2, 0) is 7.05 Å². The number of ether oxygens (including phenoxy) is 1. The Balaban J connectivity index is 1.58. The summed E-state index contributed by atoms with van der Waals surface area (Å²) < 4.78 is 7.36. The van der Waals surface area contributed by atoms with Crippen molar-refractivity contribution in [3.8, 4) is 17.0 Å². The fraction of sp³-hybridized carbons (Fsp3) is 0.240. The summed E-state index contributed by atoms with van der Waals surface area (Å²) >= 11 is 0. The van der Waals surface area contributed by atoms with Crippen LogP contribution < -0.4 is 15.6 Å². The lowest BCUT2D eigenvalue weighted by molar-refractivity contribution is 0.261. The van der Waals surface area contributed by atoms with Crippen LogP contribution in [0.2, 0.25) is 0 Å². The van der Waals surface area contributed by atoms with Crippen LogP contribution in [-0.4, -0.2) is 46.7 Å². The molecule has 0 amide bonds. The van der Waals surface area contributed by atoms with Gasteiger partial charge in [0, 0.05) is 36.4 Å². The number of likely N-dealkylation sites (N-methyl/N-ethyl adjacent to an activating group) is 1. The molecule has 0 aliphatic carbocycles. The number of benzene rings is 2. The molecule has 0 bridgehead atoms. The molecule has 7 nitrogen and oxygen atoms in total. The van der Waals surface area contributed by atoms with E-state index >= 15 is 0 Å². The SMILES string of the molecule is Cc1ccccc1-c1cc2cnc(Nc3ccc(OCCN(C)C)cc3)nc2c(=O)n1C. The summed E-state index contributed by atoms with van der Waals surface area (Å²) in [6.07, 6.45) is 1.69. The number of nitrogens with one attached hydrogen (secondary N) is 1. The van der Waals surface area contributed by atoms with Gasteiger partial charge in [0.15, 0.2) is 0 Å². The highest BCUT2D eigenvalue weighted by molar-refractivity contribution is 5.83. The van der Waals surface area contributed by atoms with E-state index in [0.29, 0.717) is 23.5 Å². The molecule has 0 saturated heterocycles. The second kappa shape index (κ2) is 9.20. The van der Waals surface area contributed by atoms with Gasteiger partial charge < -0.3 is 19.5 Å². The number of aromatic nitrogens is 3. The molecule has 0 unspecified atom stereocenters. The Hall–Kier alpha value is -3.71. The average molecular weight is 430 g/mol. The van der Waals surface area contributed by atoms with Crippen molar-refractivity contribution in [3.05, 3.63) is 76.7 Å². The number of anilines is 2. The molecule has 0 radical (unpaired) electrons. The van der Waals surface area contributed by atoms with Crippen LogP contribution in [0.15, 0.2) is 65.6 Å². The molecule has 0 fully saturated rings. The van der Waals surface area contributed by atoms with E-state index in [1.165, 1.54) is 0 Å². The van der Waals surface area contributed by atoms with Gasteiger partial charge in [0.25, 0.3) is 5.56 Å². The summed E-state index contributed by atoms with van der Waals surface area (Å²) in [5.41, 5.74) is 4.01. The summed E-state index contributed by atoms with van der Waals surface area (Å²) in [4.78, 5) is 24.0. The first-order chi connectivity index (χ1) is 15.4. The average Bonchev–Trinajstić information content (AvgIpc) is 2.78. The third-order valence-corrected chi connectivity index (χ3v) is 5.32. The van der Waals surface area contributed by atoms with Crippen molar-refractivity contribution in [2.45, 2.75) is 6.92 Å². The zero-order valence-corrected chi connectivity index (χ0v) is 18.8. The van der Waals surface area contributed by atoms with Gasteiger partial charge in [-0.05, 0) is 56.9 Å². The van der Waals surface area contributed by atoms with Crippen molar-refractivity contribution in [1.82, 2.24) is 19.4 Å². The van der Waals surface area contributed by atoms with E-state index in [2.05, 4.69) is 20.2 Å². The van der Waals surface area contributed by atoms with Gasteiger partial charge in [-0.3, -0.25) is 4.79 Å². The number of pyridine rings is 1. The lowest BCUT2D eigenvalue weighted by Crippen LogP contribution is -2.20. The molecule has 0 spiro atoms. The van der Waals surface area contributed by atoms with Crippen molar-refractivity contribution < 1.29 is 4.74 Å². The molecule has 164 valence electrons. The van der Waals surface area contributed by atoms with Gasteiger partial charge in [-0.15, -0.1) is 0 Å². The van der Waals surface area contributed by atoms with Gasteiger partial charge in [-0.25, -0.2) is 9.97 Å². The number of hydrogen-bond donors (Lipinski definition) is 1. The van der Waals surface area contributed by atoms with E-state index in [4.69, 9.17) is 4.74 Å². The second-order valence-corrected chi connectivity index (χ2v) is 8.01. The molecule has 2 aromatic carbocycles. The second-order valence-electron chi connectivity index (χ2n) is 8.01. The van der Waals surface area contributed by atoms with Gasteiger partial charge in [0.05, 0.1) is 5.69 Å². The molecule has 7 heteroatoms. The first-order valence-corrected chi connectivity index (χ1v) is 10.5. The lowest BCUT2D eigenvalue weighted by Gasteiger charge is -2.13. The first-order valence-electron chi connectivity index (χ1n) is 10.5. The summed E-state index contributed by atoms with van der Waals surface area (Å²) in [5.74, 6) is 1.17. The molecule has 2 heterocycles. The molecule has 0 aliphatic rings. The summed E-state index contributed by atoms with van der Waals surface area (Å²) in [7, 11) is 5.79. The van der Waals surface area contributed by atoms with E-state index in [1.54, 1.807) is 17.8 Å². The standard InChI is InChI=1S/C25H27N5O2/c1-17-7-5-6-8-21(17)22-15-18-16-26-25(28-23(18)24(31)30(22)4)27-19-9-11-20(12-10-19)32-14-13-29(2)3/h5-12,15-16H,13-14H2,1-4H3,(H,26,27,28). The smallest absolute Gasteiger partial charge is 0.277 e. The predicted octanol–water partition coefficient (Wildman–Crippen LogP) is 3.99. The zero-order valence-electron chi connectivity index (χ0n) is 18.8. The van der Waals surface area contributed by atoms with Crippen LogP contribution in [0.25, 0.3) is 22.2 Å². The van der Waals surface area contributed by atoms with Crippen LogP contribution >= 0.6 is 0 Å². The number of nitrogens with zero attached hydrogens (tertiary/aromatic N) is 4. The van der Waals surface area contributed by atoms with E-state index in [-0.39, 0.29) is 5.56 Å². The van der Waals surface area contributed by atoms with Gasteiger partial charge >= 0.3 is 0 Å². The fourth-order valence-corrected chi connectivity index (χ4v) is 3.47. The number of fused-ring (bicyclic) bond motifs is 1. The normalized spacial score (nSPS) is 11.2. The van der Waals surface area contributed by atoms with E-state index in [0.717, 1.165) is 34.8 Å². The Bertz CT molecular complexity index is 1300. The Morgan fingerprint density at radius 2 is 1.84 bits per heavy atom. The molecule has 32 heavy (non-hydrogen) atoms. The quantitative estimate of drug-likeness (QED) is 0.479. The summed E-state index contributed by atoms with van der Waals surface area (Å²) in [6, 6.07) is 17.6. The molecule has 4 rings (SSSR count). The van der Waals surface area contributed by atoms with Crippen LogP contribution in [0.4, 0.5) is 11.6 Å². The van der Waals surface area contributed by atoms with Gasteiger partial charge in [0.1, 0.15) is 17.9 Å². The van der Waals surface area contributed by atoms with Gasteiger partial charge in [0.2, 0.25) is 5.95 Å². The van der Waals surface area contributed by atoms with Crippen molar-refractivity contribution in [1.29, 1.82) is 0 Å². The third-order valence-electron chi connectivity index (χ3n) is 5.32. The van der Waals surface area contributed by atoms with Crippen LogP contribution in [0.1, 0.15) is 5.56 Å². The Morgan fingerprint density at radius 1 is 1.09 bits per heavy atom. The monoisotopic (exact) mass is 429 g/mol. The first kappa shape index (κ1) is 21.5. The molecular formula is C25H27N5O2. The molecule has 2 aromatic heterocycles. The minimum Gasteiger partial charge on any atom is -0.492 e. The van der Waals surface area contributed by atoms with E-state index in [9.17, 15) is 4.79 Å². The van der Waals surface area contributed by atoms with Gasteiger partial charge in [-0.2, -0.15) is 0 Å². The Kier molecular flexibility index (Phi) is 6.18. The van der Waals surface area contributed by atoms with Crippen LogP contribution in [0.5, 0.6) is 5.75 Å². The lowest BCUT2D eigenvalue weighted by atomic mass is 10.0. The van der Waals surface area contributed by atoms with Crippen molar-refractivity contribution in [2.24, 2.45) is 7.05 Å². The Labute approximate surface area is 187 Å². The highest BCUT2D eigenvalue weighted by atomic mass is 16.5. The van der Waals surface area contributed by atoms with Crippen LogP contribution in [0.3, 0.4) is 0 Å². The zero-order chi connectivity index (χ0) is 22.7. The largest absolute Gasteiger partial charge is 0.492 e. The maximum atomic E-state index is 13.1. The Morgan fingerprint density at radius 3 is 2.56 bits per heavy atom. The predicted molar refractivity (Wildman–Crippen MR) is 129 cm³/mol. The third kappa shape index (κ3) is 4.63. The summed E-state index contributed by atoms with van der Waals surface area (Å²) in [5, 5.41) is 3.88. The van der Waals surface area contributed by atoms with Crippen molar-refractivity contribution in [2.75, 3.05) is 32.6 Å². The molecule has 0 saturated carbocycles. The highest BCUT2D eigenvalue weighted by Gasteiger charge is 2.12. The topological polar surface area (TPSA) is 72.3 Å². The highest BCUT2D eigenvalue weighted by Crippen LogP contribution is 2.25. The van der Waals surface area contributed by atoms with E-state index < -0.39 is 0 Å². The molecule has 4 aromatic rings. The maximum Gasteiger partial charge on any atom is 0.277 e. The molecule has 0 atom stereocenters. The van der Waals surface area contributed by atoms with Crippen LogP contribution in [0, 0.1) is 6.92 Å². The van der Waals surface area contributed by atoms with E-state index in [1.807, 2.05) is 75.6 Å². The summed E-state index contributed by atoms with van der Waals surface area (Å²) in [6.45, 7) is 3.51. The minimum absolute atomic E-state index is 0.157. The van der Waals surface area contributed by atoms with Gasteiger partial charge in [-0.1, -0.05) is 24.3 Å². The maximum absolute atomic E-state index is 13.1. The number of hydrogen-bond acceptors (Lipinski definition) is 6. The fourth-order valence-electron chi connectivity index (χ4n) is 3.47. The minimum atomic E-state index is -0.157. The van der Waals surface area contributed by atoms with Crippen molar-refractivity contribution >= 4 is 22.5 Å². The molecular weight excluding hydrogens is 402 g/mol.